The lowest BCUT2D eigenvalue weighted by molar-refractivity contribution is -0.127. The van der Waals surface area contributed by atoms with E-state index in [2.05, 4.69) is 16.3 Å². The van der Waals surface area contributed by atoms with Crippen LogP contribution in [0.25, 0.3) is 10.8 Å². The Balaban J connectivity index is 1.57. The number of fused-ring (bicyclic) bond motifs is 1. The van der Waals surface area contributed by atoms with Crippen molar-refractivity contribution >= 4 is 40.2 Å². The van der Waals surface area contributed by atoms with E-state index in [-0.39, 0.29) is 11.7 Å². The SMILES string of the molecule is COc1ccc2cc(CN(C)C(=O)CSc3nnc(CSC)o3)ccc2c1. The van der Waals surface area contributed by atoms with Gasteiger partial charge in [-0.1, -0.05) is 30.0 Å². The Labute approximate surface area is 166 Å². The lowest BCUT2D eigenvalue weighted by Gasteiger charge is -2.17. The molecule has 0 spiro atoms. The summed E-state index contributed by atoms with van der Waals surface area (Å²) in [7, 11) is 3.46. The number of thioether (sulfide) groups is 2. The zero-order chi connectivity index (χ0) is 19.2. The highest BCUT2D eigenvalue weighted by atomic mass is 32.2. The smallest absolute Gasteiger partial charge is 0.277 e. The maximum absolute atomic E-state index is 12.4. The fourth-order valence-electron chi connectivity index (χ4n) is 2.57. The Bertz CT molecular complexity index is 929. The minimum absolute atomic E-state index is 0.0134. The van der Waals surface area contributed by atoms with Crippen molar-refractivity contribution in [2.45, 2.75) is 17.5 Å². The van der Waals surface area contributed by atoms with Crippen molar-refractivity contribution in [3.63, 3.8) is 0 Å². The van der Waals surface area contributed by atoms with Crippen molar-refractivity contribution in [3.8, 4) is 5.75 Å². The van der Waals surface area contributed by atoms with Gasteiger partial charge in [-0.05, 0) is 40.8 Å². The normalized spacial score (nSPS) is 10.9. The number of hydrogen-bond acceptors (Lipinski definition) is 7. The van der Waals surface area contributed by atoms with Gasteiger partial charge >= 0.3 is 0 Å². The highest BCUT2D eigenvalue weighted by Gasteiger charge is 2.13. The Morgan fingerprint density at radius 2 is 1.96 bits per heavy atom. The minimum atomic E-state index is 0.0134. The molecule has 0 aliphatic carbocycles. The molecule has 0 N–H and O–H groups in total. The molecule has 0 radical (unpaired) electrons. The molecule has 142 valence electrons. The summed E-state index contributed by atoms with van der Waals surface area (Å²) in [5.41, 5.74) is 1.08. The fraction of sp³-hybridized carbons (Fsp3) is 0.316. The number of carbonyl (C=O) groups excluding carboxylic acids is 1. The number of amides is 1. The minimum Gasteiger partial charge on any atom is -0.497 e. The van der Waals surface area contributed by atoms with Crippen molar-refractivity contribution in [1.29, 1.82) is 0 Å². The molecule has 3 aromatic rings. The molecule has 1 heterocycles. The number of methoxy groups -OCH3 is 1. The maximum Gasteiger partial charge on any atom is 0.277 e. The monoisotopic (exact) mass is 403 g/mol. The standard InChI is InChI=1S/C19H21N3O3S2/c1-22(18(23)12-27-19-21-20-17(25-19)11-26-3)10-13-4-5-15-9-16(24-2)7-6-14(15)8-13/h4-9H,10-12H2,1-3H3. The van der Waals surface area contributed by atoms with Gasteiger partial charge in [-0.25, -0.2) is 0 Å². The molecule has 1 aromatic heterocycles. The van der Waals surface area contributed by atoms with Crippen LogP contribution in [0.3, 0.4) is 0 Å². The summed E-state index contributed by atoms with van der Waals surface area (Å²) in [6, 6.07) is 12.1. The largest absolute Gasteiger partial charge is 0.497 e. The molecule has 2 aromatic carbocycles. The van der Waals surface area contributed by atoms with Gasteiger partial charge in [0, 0.05) is 13.6 Å². The molecule has 0 aliphatic rings. The lowest BCUT2D eigenvalue weighted by Crippen LogP contribution is -2.27. The Morgan fingerprint density at radius 1 is 1.19 bits per heavy atom. The van der Waals surface area contributed by atoms with Crippen LogP contribution in [0.15, 0.2) is 46.0 Å². The second-order valence-electron chi connectivity index (χ2n) is 5.98. The summed E-state index contributed by atoms with van der Waals surface area (Å²) in [6.07, 6.45) is 1.97. The van der Waals surface area contributed by atoms with Gasteiger partial charge in [0.2, 0.25) is 11.8 Å². The molecule has 0 atom stereocenters. The van der Waals surface area contributed by atoms with E-state index in [4.69, 9.17) is 9.15 Å². The molecule has 0 unspecified atom stereocenters. The highest BCUT2D eigenvalue weighted by Crippen LogP contribution is 2.23. The molecule has 27 heavy (non-hydrogen) atoms. The zero-order valence-electron chi connectivity index (χ0n) is 15.5. The first-order valence-electron chi connectivity index (χ1n) is 8.34. The quantitative estimate of drug-likeness (QED) is 0.529. The predicted octanol–water partition coefficient (Wildman–Crippen LogP) is 3.85. The predicted molar refractivity (Wildman–Crippen MR) is 109 cm³/mol. The molecule has 1 amide bonds. The van der Waals surface area contributed by atoms with Gasteiger partial charge in [0.1, 0.15) is 5.75 Å². The van der Waals surface area contributed by atoms with Crippen molar-refractivity contribution in [2.75, 3.05) is 26.2 Å². The van der Waals surface area contributed by atoms with Crippen LogP contribution in [-0.4, -0.2) is 47.2 Å². The summed E-state index contributed by atoms with van der Waals surface area (Å²) in [4.78, 5) is 14.1. The van der Waals surface area contributed by atoms with Crippen molar-refractivity contribution in [1.82, 2.24) is 15.1 Å². The highest BCUT2D eigenvalue weighted by molar-refractivity contribution is 7.99. The van der Waals surface area contributed by atoms with Gasteiger partial charge in [-0.2, -0.15) is 11.8 Å². The van der Waals surface area contributed by atoms with E-state index >= 15 is 0 Å². The second kappa shape index (κ2) is 9.14. The number of nitrogens with zero attached hydrogens (tertiary/aromatic N) is 3. The number of aromatic nitrogens is 2. The molecule has 0 saturated heterocycles. The van der Waals surface area contributed by atoms with Crippen LogP contribution in [0, 0.1) is 0 Å². The van der Waals surface area contributed by atoms with Gasteiger partial charge in [0.15, 0.2) is 0 Å². The van der Waals surface area contributed by atoms with E-state index in [1.54, 1.807) is 30.8 Å². The first-order valence-corrected chi connectivity index (χ1v) is 10.7. The third-order valence-corrected chi connectivity index (χ3v) is 5.33. The van der Waals surface area contributed by atoms with Crippen LogP contribution >= 0.6 is 23.5 Å². The van der Waals surface area contributed by atoms with Crippen LogP contribution < -0.4 is 4.74 Å². The van der Waals surface area contributed by atoms with Gasteiger partial charge in [-0.15, -0.1) is 10.2 Å². The molecule has 6 nitrogen and oxygen atoms in total. The van der Waals surface area contributed by atoms with Gasteiger partial charge in [0.05, 0.1) is 18.6 Å². The molecular weight excluding hydrogens is 382 g/mol. The summed E-state index contributed by atoms with van der Waals surface area (Å²) in [5.74, 6) is 2.37. The average molecular weight is 404 g/mol. The Kier molecular flexibility index (Phi) is 6.63. The van der Waals surface area contributed by atoms with E-state index < -0.39 is 0 Å². The van der Waals surface area contributed by atoms with Crippen LogP contribution in [-0.2, 0) is 17.1 Å². The molecule has 0 saturated carbocycles. The van der Waals surface area contributed by atoms with Gasteiger partial charge in [0.25, 0.3) is 5.22 Å². The summed E-state index contributed by atoms with van der Waals surface area (Å²) in [5, 5.41) is 10.6. The third kappa shape index (κ3) is 5.17. The first-order chi connectivity index (χ1) is 13.1. The fourth-order valence-corrected chi connectivity index (χ4v) is 3.66. The van der Waals surface area contributed by atoms with Crippen LogP contribution in [0.1, 0.15) is 11.5 Å². The number of rotatable bonds is 8. The number of benzene rings is 2. The summed E-state index contributed by atoms with van der Waals surface area (Å²) >= 11 is 2.88. The maximum atomic E-state index is 12.4. The lowest BCUT2D eigenvalue weighted by atomic mass is 10.1. The molecule has 0 fully saturated rings. The van der Waals surface area contributed by atoms with Crippen molar-refractivity contribution in [2.24, 2.45) is 0 Å². The molecule has 0 aliphatic heterocycles. The van der Waals surface area contributed by atoms with E-state index in [9.17, 15) is 4.79 Å². The Hall–Kier alpha value is -2.19. The number of carbonyl (C=O) groups is 1. The molecule has 8 heteroatoms. The summed E-state index contributed by atoms with van der Waals surface area (Å²) in [6.45, 7) is 0.545. The third-order valence-electron chi connectivity index (χ3n) is 3.99. The molecular formula is C19H21N3O3S2. The van der Waals surface area contributed by atoms with Gasteiger partial charge in [-0.3, -0.25) is 4.79 Å². The number of hydrogen-bond donors (Lipinski definition) is 0. The van der Waals surface area contributed by atoms with Gasteiger partial charge < -0.3 is 14.1 Å². The van der Waals surface area contributed by atoms with Crippen LogP contribution in [0.5, 0.6) is 5.75 Å². The Morgan fingerprint density at radius 3 is 2.74 bits per heavy atom. The van der Waals surface area contributed by atoms with E-state index in [1.807, 2.05) is 36.6 Å². The average Bonchev–Trinajstić information content (AvgIpc) is 3.13. The van der Waals surface area contributed by atoms with Crippen molar-refractivity contribution < 1.29 is 13.9 Å². The first kappa shape index (κ1) is 19.6. The number of ether oxygens (including phenoxy) is 1. The molecule has 3 rings (SSSR count). The second-order valence-corrected chi connectivity index (χ2v) is 7.77. The van der Waals surface area contributed by atoms with Crippen LogP contribution in [0.2, 0.25) is 0 Å². The summed E-state index contributed by atoms with van der Waals surface area (Å²) < 4.78 is 10.7. The topological polar surface area (TPSA) is 68.5 Å². The van der Waals surface area contributed by atoms with E-state index in [0.717, 1.165) is 22.1 Å². The van der Waals surface area contributed by atoms with Crippen molar-refractivity contribution in [3.05, 3.63) is 47.9 Å². The van der Waals surface area contributed by atoms with E-state index in [1.165, 1.54) is 11.8 Å². The zero-order valence-corrected chi connectivity index (χ0v) is 17.1. The van der Waals surface area contributed by atoms with E-state index in [0.29, 0.717) is 23.4 Å². The van der Waals surface area contributed by atoms with Crippen LogP contribution in [0.4, 0.5) is 0 Å². The molecule has 0 bridgehead atoms.